The number of nitrogens with zero attached hydrogens (tertiary/aromatic N) is 2. The van der Waals surface area contributed by atoms with Crippen LogP contribution in [0.15, 0.2) is 43.0 Å². The Hall–Kier alpha value is -1.81. The Balaban J connectivity index is 1.80. The van der Waals surface area contributed by atoms with Crippen LogP contribution in [0.2, 0.25) is 0 Å². The topological polar surface area (TPSA) is 53.1 Å². The molecule has 1 aromatic carbocycles. The molecule has 3 rings (SSSR count). The number of rotatable bonds is 4. The fourth-order valence-electron chi connectivity index (χ4n) is 2.97. The van der Waals surface area contributed by atoms with E-state index in [4.69, 9.17) is 10.5 Å². The molecule has 0 spiro atoms. The second kappa shape index (κ2) is 6.09. The fourth-order valence-corrected chi connectivity index (χ4v) is 2.97. The Morgan fingerprint density at radius 1 is 1.25 bits per heavy atom. The second-order valence-electron chi connectivity index (χ2n) is 5.33. The summed E-state index contributed by atoms with van der Waals surface area (Å²) in [7, 11) is 0. The van der Waals surface area contributed by atoms with Gasteiger partial charge >= 0.3 is 0 Å². The van der Waals surface area contributed by atoms with Crippen LogP contribution in [0.3, 0.4) is 0 Å². The van der Waals surface area contributed by atoms with E-state index in [2.05, 4.69) is 9.55 Å². The highest BCUT2D eigenvalue weighted by molar-refractivity contribution is 5.33. The second-order valence-corrected chi connectivity index (χ2v) is 5.33. The summed E-state index contributed by atoms with van der Waals surface area (Å²) in [5.74, 6) is 0.923. The van der Waals surface area contributed by atoms with Crippen LogP contribution in [0.4, 0.5) is 0 Å². The maximum Gasteiger partial charge on any atom is 0.124 e. The zero-order valence-corrected chi connectivity index (χ0v) is 11.6. The zero-order valence-electron chi connectivity index (χ0n) is 11.6. The smallest absolute Gasteiger partial charge is 0.124 e. The van der Waals surface area contributed by atoms with Gasteiger partial charge in [0.25, 0.3) is 0 Å². The van der Waals surface area contributed by atoms with E-state index in [1.54, 1.807) is 0 Å². The average molecular weight is 271 g/mol. The molecule has 1 heterocycles. The normalized spacial score (nSPS) is 22.6. The van der Waals surface area contributed by atoms with Crippen molar-refractivity contribution in [1.82, 2.24) is 9.55 Å². The van der Waals surface area contributed by atoms with Crippen LogP contribution in [0.5, 0.6) is 5.75 Å². The van der Waals surface area contributed by atoms with E-state index in [9.17, 15) is 0 Å². The minimum absolute atomic E-state index is 0.200. The molecular weight excluding hydrogens is 250 g/mol. The number of benzene rings is 1. The van der Waals surface area contributed by atoms with Gasteiger partial charge in [-0.15, -0.1) is 0 Å². The molecule has 0 saturated heterocycles. The van der Waals surface area contributed by atoms with E-state index in [-0.39, 0.29) is 6.10 Å². The minimum Gasteiger partial charge on any atom is -0.488 e. The van der Waals surface area contributed by atoms with Crippen molar-refractivity contribution in [3.63, 3.8) is 0 Å². The van der Waals surface area contributed by atoms with Gasteiger partial charge in [0.05, 0.1) is 12.4 Å². The number of ether oxygens (including phenoxy) is 1. The Kier molecular flexibility index (Phi) is 4.02. The summed E-state index contributed by atoms with van der Waals surface area (Å²) >= 11 is 0. The SMILES string of the molecule is NCc1ccccc1OC1CCCCC1n1ccnc1. The number of hydrogen-bond acceptors (Lipinski definition) is 3. The summed E-state index contributed by atoms with van der Waals surface area (Å²) in [6.07, 6.45) is 10.7. The van der Waals surface area contributed by atoms with Crippen LogP contribution in [-0.4, -0.2) is 15.7 Å². The first-order chi connectivity index (χ1) is 9.88. The molecule has 1 aliphatic rings. The van der Waals surface area contributed by atoms with E-state index in [1.165, 1.54) is 12.8 Å². The maximum absolute atomic E-state index is 6.29. The van der Waals surface area contributed by atoms with Crippen LogP contribution in [0.1, 0.15) is 37.3 Å². The van der Waals surface area contributed by atoms with Crippen molar-refractivity contribution in [3.05, 3.63) is 48.5 Å². The van der Waals surface area contributed by atoms with E-state index in [1.807, 2.05) is 43.0 Å². The highest BCUT2D eigenvalue weighted by Crippen LogP contribution is 2.32. The van der Waals surface area contributed by atoms with Gasteiger partial charge in [-0.3, -0.25) is 0 Å². The molecule has 4 nitrogen and oxygen atoms in total. The largest absolute Gasteiger partial charge is 0.488 e. The quantitative estimate of drug-likeness (QED) is 0.930. The summed E-state index contributed by atoms with van der Waals surface area (Å²) in [6, 6.07) is 8.43. The summed E-state index contributed by atoms with van der Waals surface area (Å²) < 4.78 is 8.46. The molecule has 20 heavy (non-hydrogen) atoms. The lowest BCUT2D eigenvalue weighted by atomic mass is 9.92. The van der Waals surface area contributed by atoms with Crippen molar-refractivity contribution in [1.29, 1.82) is 0 Å². The summed E-state index contributed by atoms with van der Waals surface area (Å²) in [4.78, 5) is 4.16. The van der Waals surface area contributed by atoms with E-state index >= 15 is 0 Å². The Morgan fingerprint density at radius 2 is 2.10 bits per heavy atom. The number of hydrogen-bond donors (Lipinski definition) is 1. The predicted octanol–water partition coefficient (Wildman–Crippen LogP) is 2.90. The Bertz CT molecular complexity index is 538. The fraction of sp³-hybridized carbons (Fsp3) is 0.438. The van der Waals surface area contributed by atoms with E-state index < -0.39 is 0 Å². The number of aromatic nitrogens is 2. The predicted molar refractivity (Wildman–Crippen MR) is 78.5 cm³/mol. The monoisotopic (exact) mass is 271 g/mol. The van der Waals surface area contributed by atoms with Crippen LogP contribution in [-0.2, 0) is 6.54 Å². The molecule has 1 saturated carbocycles. The van der Waals surface area contributed by atoms with Gasteiger partial charge in [-0.25, -0.2) is 4.98 Å². The molecule has 2 aromatic rings. The molecule has 2 unspecified atom stereocenters. The van der Waals surface area contributed by atoms with Gasteiger partial charge in [0.2, 0.25) is 0 Å². The van der Waals surface area contributed by atoms with Crippen LogP contribution >= 0.6 is 0 Å². The van der Waals surface area contributed by atoms with Gasteiger partial charge in [-0.1, -0.05) is 24.6 Å². The standard InChI is InChI=1S/C16H21N3O/c17-11-13-5-1-3-7-15(13)20-16-8-4-2-6-14(16)19-10-9-18-12-19/h1,3,5,7,9-10,12,14,16H,2,4,6,8,11,17H2. The third kappa shape index (κ3) is 2.70. The van der Waals surface area contributed by atoms with Crippen molar-refractivity contribution in [2.24, 2.45) is 5.73 Å². The molecule has 4 heteroatoms. The van der Waals surface area contributed by atoms with E-state index in [0.717, 1.165) is 24.2 Å². The number of nitrogens with two attached hydrogens (primary N) is 1. The molecule has 2 atom stereocenters. The summed E-state index contributed by atoms with van der Waals surface area (Å²) in [5, 5.41) is 0. The van der Waals surface area contributed by atoms with Gasteiger partial charge in [-0.05, 0) is 25.3 Å². The van der Waals surface area contributed by atoms with E-state index in [0.29, 0.717) is 12.6 Å². The maximum atomic E-state index is 6.29. The molecule has 0 bridgehead atoms. The van der Waals surface area contributed by atoms with Gasteiger partial charge in [0.1, 0.15) is 11.9 Å². The van der Waals surface area contributed by atoms with Crippen LogP contribution in [0.25, 0.3) is 0 Å². The van der Waals surface area contributed by atoms with Gasteiger partial charge in [-0.2, -0.15) is 0 Å². The summed E-state index contributed by atoms with van der Waals surface area (Å²) in [5.41, 5.74) is 6.86. The molecule has 0 radical (unpaired) electrons. The van der Waals surface area contributed by atoms with Crippen molar-refractivity contribution in [2.75, 3.05) is 0 Å². The molecule has 0 aliphatic heterocycles. The number of para-hydroxylation sites is 1. The molecular formula is C16H21N3O. The summed E-state index contributed by atoms with van der Waals surface area (Å²) in [6.45, 7) is 0.513. The van der Waals surface area contributed by atoms with Crippen molar-refractivity contribution < 1.29 is 4.74 Å². The van der Waals surface area contributed by atoms with Gasteiger partial charge < -0.3 is 15.0 Å². The molecule has 106 valence electrons. The zero-order chi connectivity index (χ0) is 13.8. The molecule has 1 aromatic heterocycles. The lowest BCUT2D eigenvalue weighted by Crippen LogP contribution is -2.32. The van der Waals surface area contributed by atoms with Gasteiger partial charge in [0.15, 0.2) is 0 Å². The van der Waals surface area contributed by atoms with Crippen molar-refractivity contribution in [3.8, 4) is 5.75 Å². The number of imidazole rings is 1. The van der Waals surface area contributed by atoms with Crippen LogP contribution in [0, 0.1) is 0 Å². The average Bonchev–Trinajstić information content (AvgIpc) is 3.02. The first kappa shape index (κ1) is 13.2. The van der Waals surface area contributed by atoms with Gasteiger partial charge in [0, 0.05) is 24.5 Å². The highest BCUT2D eigenvalue weighted by atomic mass is 16.5. The molecule has 1 fully saturated rings. The van der Waals surface area contributed by atoms with Crippen LogP contribution < -0.4 is 10.5 Å². The minimum atomic E-state index is 0.200. The molecule has 2 N–H and O–H groups in total. The Morgan fingerprint density at radius 3 is 2.90 bits per heavy atom. The third-order valence-electron chi connectivity index (χ3n) is 4.05. The highest BCUT2D eigenvalue weighted by Gasteiger charge is 2.28. The third-order valence-corrected chi connectivity index (χ3v) is 4.05. The molecule has 1 aliphatic carbocycles. The lowest BCUT2D eigenvalue weighted by molar-refractivity contribution is 0.0967. The lowest BCUT2D eigenvalue weighted by Gasteiger charge is -2.33. The Labute approximate surface area is 119 Å². The van der Waals surface area contributed by atoms with Crippen molar-refractivity contribution in [2.45, 2.75) is 44.4 Å². The first-order valence-electron chi connectivity index (χ1n) is 7.30. The van der Waals surface area contributed by atoms with Crippen molar-refractivity contribution >= 4 is 0 Å². The molecule has 0 amide bonds. The first-order valence-corrected chi connectivity index (χ1v) is 7.30.